The van der Waals surface area contributed by atoms with E-state index in [0.29, 0.717) is 12.1 Å². The Morgan fingerprint density at radius 3 is 1.90 bits per heavy atom. The van der Waals surface area contributed by atoms with Crippen LogP contribution in [0.4, 0.5) is 17.1 Å². The molecule has 0 aromatic heterocycles. The minimum Gasteiger partial charge on any atom is -0.258 e. The van der Waals surface area contributed by atoms with Gasteiger partial charge in [-0.25, -0.2) is 0 Å². The van der Waals surface area contributed by atoms with Crippen LogP contribution in [0.5, 0.6) is 0 Å². The summed E-state index contributed by atoms with van der Waals surface area (Å²) in [5, 5.41) is 28.5. The zero-order valence-corrected chi connectivity index (χ0v) is 15.2. The molecule has 29 heavy (non-hydrogen) atoms. The molecule has 3 aromatic carbocycles. The molecule has 0 saturated heterocycles. The highest BCUT2D eigenvalue weighted by molar-refractivity contribution is 6.03. The van der Waals surface area contributed by atoms with Gasteiger partial charge in [0.05, 0.1) is 27.3 Å². The van der Waals surface area contributed by atoms with Crippen molar-refractivity contribution in [3.63, 3.8) is 0 Å². The van der Waals surface area contributed by atoms with Crippen LogP contribution in [0.15, 0.2) is 84.0 Å². The van der Waals surface area contributed by atoms with Gasteiger partial charge in [-0.2, -0.15) is 5.10 Å². The van der Waals surface area contributed by atoms with E-state index in [-0.39, 0.29) is 17.4 Å². The van der Waals surface area contributed by atoms with Crippen molar-refractivity contribution in [3.05, 3.63) is 110 Å². The summed E-state index contributed by atoms with van der Waals surface area (Å²) in [6, 6.07) is 22.2. The Morgan fingerprint density at radius 1 is 0.793 bits per heavy atom. The summed E-state index contributed by atoms with van der Waals surface area (Å²) >= 11 is 0. The van der Waals surface area contributed by atoms with Crippen LogP contribution < -0.4 is 5.01 Å². The van der Waals surface area contributed by atoms with E-state index in [1.807, 2.05) is 35.3 Å². The molecule has 1 atom stereocenters. The molecule has 0 bridgehead atoms. The molecule has 1 heterocycles. The van der Waals surface area contributed by atoms with Gasteiger partial charge in [-0.1, -0.05) is 42.5 Å². The highest BCUT2D eigenvalue weighted by Crippen LogP contribution is 2.37. The zero-order valence-electron chi connectivity index (χ0n) is 15.2. The fraction of sp³-hybridized carbons (Fsp3) is 0.0952. The molecular formula is C21H16N4O4. The van der Waals surface area contributed by atoms with Gasteiger partial charge in [0, 0.05) is 30.7 Å². The fourth-order valence-electron chi connectivity index (χ4n) is 3.36. The lowest BCUT2D eigenvalue weighted by Gasteiger charge is -2.23. The predicted molar refractivity (Wildman–Crippen MR) is 109 cm³/mol. The van der Waals surface area contributed by atoms with Crippen molar-refractivity contribution in [2.75, 3.05) is 5.01 Å². The van der Waals surface area contributed by atoms with Crippen LogP contribution in [0.1, 0.15) is 23.6 Å². The van der Waals surface area contributed by atoms with Crippen LogP contribution in [0.2, 0.25) is 0 Å². The summed E-state index contributed by atoms with van der Waals surface area (Å²) in [6.45, 7) is 0. The summed E-state index contributed by atoms with van der Waals surface area (Å²) in [4.78, 5) is 21.0. The molecule has 8 nitrogen and oxygen atoms in total. The van der Waals surface area contributed by atoms with Gasteiger partial charge >= 0.3 is 0 Å². The molecular weight excluding hydrogens is 372 g/mol. The first-order chi connectivity index (χ1) is 14.0. The molecule has 4 rings (SSSR count). The number of hydrogen-bond acceptors (Lipinski definition) is 6. The van der Waals surface area contributed by atoms with Gasteiger partial charge in [-0.05, 0) is 23.3 Å². The molecule has 0 amide bonds. The van der Waals surface area contributed by atoms with Crippen molar-refractivity contribution >= 4 is 22.8 Å². The lowest BCUT2D eigenvalue weighted by molar-refractivity contribution is -0.385. The van der Waals surface area contributed by atoms with Crippen LogP contribution in [-0.2, 0) is 0 Å². The van der Waals surface area contributed by atoms with Crippen LogP contribution in [0.3, 0.4) is 0 Å². The molecule has 8 heteroatoms. The zero-order chi connectivity index (χ0) is 20.4. The van der Waals surface area contributed by atoms with Crippen LogP contribution in [0.25, 0.3) is 0 Å². The van der Waals surface area contributed by atoms with E-state index >= 15 is 0 Å². The van der Waals surface area contributed by atoms with Gasteiger partial charge in [-0.15, -0.1) is 0 Å². The number of nitro benzene ring substituents is 2. The minimum atomic E-state index is -0.444. The smallest absolute Gasteiger partial charge is 0.258 e. The molecule has 0 radical (unpaired) electrons. The summed E-state index contributed by atoms with van der Waals surface area (Å²) in [6.07, 6.45) is 0.610. The number of rotatable bonds is 5. The van der Waals surface area contributed by atoms with E-state index in [0.717, 1.165) is 16.8 Å². The largest absolute Gasteiger partial charge is 0.269 e. The third kappa shape index (κ3) is 3.68. The van der Waals surface area contributed by atoms with E-state index < -0.39 is 9.85 Å². The van der Waals surface area contributed by atoms with Crippen LogP contribution >= 0.6 is 0 Å². The van der Waals surface area contributed by atoms with Crippen LogP contribution in [0, 0.1) is 20.2 Å². The Balaban J connectivity index is 1.72. The first kappa shape index (κ1) is 18.3. The van der Waals surface area contributed by atoms with Crippen molar-refractivity contribution < 1.29 is 9.85 Å². The van der Waals surface area contributed by atoms with Crippen molar-refractivity contribution in [1.82, 2.24) is 0 Å². The molecule has 1 aliphatic rings. The topological polar surface area (TPSA) is 102 Å². The fourth-order valence-corrected chi connectivity index (χ4v) is 3.36. The first-order valence-electron chi connectivity index (χ1n) is 8.94. The minimum absolute atomic E-state index is 0.00657. The van der Waals surface area contributed by atoms with E-state index in [4.69, 9.17) is 5.10 Å². The number of benzene rings is 3. The molecule has 0 spiro atoms. The van der Waals surface area contributed by atoms with Crippen molar-refractivity contribution in [1.29, 1.82) is 0 Å². The molecule has 0 aliphatic carbocycles. The van der Waals surface area contributed by atoms with Crippen molar-refractivity contribution in [2.24, 2.45) is 5.10 Å². The average molecular weight is 388 g/mol. The average Bonchev–Trinajstić information content (AvgIpc) is 3.20. The molecule has 1 unspecified atom stereocenters. The van der Waals surface area contributed by atoms with E-state index in [1.165, 1.54) is 24.3 Å². The highest BCUT2D eigenvalue weighted by Gasteiger charge is 2.30. The van der Waals surface area contributed by atoms with Gasteiger partial charge in [0.2, 0.25) is 0 Å². The van der Waals surface area contributed by atoms with Crippen molar-refractivity contribution in [3.8, 4) is 0 Å². The van der Waals surface area contributed by atoms with E-state index in [9.17, 15) is 20.2 Å². The second-order valence-electron chi connectivity index (χ2n) is 6.60. The van der Waals surface area contributed by atoms with Gasteiger partial charge < -0.3 is 0 Å². The SMILES string of the molecule is O=[N+]([O-])c1ccc(C2CC(c3ccccc3)=NN2c2ccc([N+](=O)[O-])cc2)cc1. The standard InChI is InChI=1S/C21H16N4O4/c26-24(27)18-8-6-16(7-9-18)21-14-20(15-4-2-1-3-5-15)22-23(21)17-10-12-19(13-11-17)25(28)29/h1-13,21H,14H2. The summed E-state index contributed by atoms with van der Waals surface area (Å²) in [7, 11) is 0. The monoisotopic (exact) mass is 388 g/mol. The number of anilines is 1. The van der Waals surface area contributed by atoms with E-state index in [1.54, 1.807) is 24.3 Å². The Morgan fingerprint density at radius 2 is 1.34 bits per heavy atom. The number of hydrazone groups is 1. The Hall–Kier alpha value is -4.07. The lowest BCUT2D eigenvalue weighted by atomic mass is 9.98. The number of nitro groups is 2. The van der Waals surface area contributed by atoms with Gasteiger partial charge in [-0.3, -0.25) is 25.2 Å². The van der Waals surface area contributed by atoms with Crippen LogP contribution in [-0.4, -0.2) is 15.6 Å². The Kier molecular flexibility index (Phi) is 4.74. The van der Waals surface area contributed by atoms with Gasteiger partial charge in [0.25, 0.3) is 11.4 Å². The third-order valence-electron chi connectivity index (χ3n) is 4.83. The maximum absolute atomic E-state index is 11.0. The molecule has 144 valence electrons. The Labute approximate surface area is 166 Å². The first-order valence-corrected chi connectivity index (χ1v) is 8.94. The van der Waals surface area contributed by atoms with E-state index in [2.05, 4.69) is 0 Å². The lowest BCUT2D eigenvalue weighted by Crippen LogP contribution is -2.18. The summed E-state index contributed by atoms with van der Waals surface area (Å²) in [5.74, 6) is 0. The molecule has 0 saturated carbocycles. The van der Waals surface area contributed by atoms with Crippen molar-refractivity contribution in [2.45, 2.75) is 12.5 Å². The maximum atomic E-state index is 11.0. The Bertz CT molecular complexity index is 1080. The number of nitrogens with zero attached hydrogens (tertiary/aromatic N) is 4. The molecule has 1 aliphatic heterocycles. The third-order valence-corrected chi connectivity index (χ3v) is 4.83. The molecule has 3 aromatic rings. The second kappa shape index (κ2) is 7.51. The van der Waals surface area contributed by atoms with Gasteiger partial charge in [0.1, 0.15) is 0 Å². The second-order valence-corrected chi connectivity index (χ2v) is 6.60. The molecule has 0 N–H and O–H groups in total. The predicted octanol–water partition coefficient (Wildman–Crippen LogP) is 4.86. The molecule has 0 fully saturated rings. The highest BCUT2D eigenvalue weighted by atomic mass is 16.6. The number of hydrogen-bond donors (Lipinski definition) is 0. The number of non-ortho nitro benzene ring substituents is 2. The maximum Gasteiger partial charge on any atom is 0.269 e. The summed E-state index contributed by atoms with van der Waals surface area (Å²) in [5.41, 5.74) is 3.49. The normalized spacial score (nSPS) is 15.8. The quantitative estimate of drug-likeness (QED) is 0.459. The summed E-state index contributed by atoms with van der Waals surface area (Å²) < 4.78 is 0. The van der Waals surface area contributed by atoms with Gasteiger partial charge in [0.15, 0.2) is 0 Å².